The van der Waals surface area contributed by atoms with Gasteiger partial charge in [0.2, 0.25) is 0 Å². The molecule has 0 spiro atoms. The van der Waals surface area contributed by atoms with Crippen molar-refractivity contribution in [2.24, 2.45) is 0 Å². The molecular weight excluding hydrogens is 330 g/mol. The van der Waals surface area contributed by atoms with Crippen LogP contribution >= 0.6 is 11.8 Å². The number of carbonyl (C=O) groups excluding carboxylic acids is 2. The Hall–Kier alpha value is -2.07. The first-order valence-electron chi connectivity index (χ1n) is 8.82. The van der Waals surface area contributed by atoms with Crippen molar-refractivity contribution in [1.82, 2.24) is 4.90 Å². The van der Waals surface area contributed by atoms with E-state index in [1.54, 1.807) is 24.3 Å². The smallest absolute Gasteiger partial charge is 0.261 e. The highest BCUT2D eigenvalue weighted by molar-refractivity contribution is 7.98. The Kier molecular flexibility index (Phi) is 5.92. The Morgan fingerprint density at radius 2 is 1.44 bits per heavy atom. The molecule has 0 aromatic heterocycles. The largest absolute Gasteiger partial charge is 0.270 e. The number of thioether (sulfide) groups is 1. The van der Waals surface area contributed by atoms with Gasteiger partial charge in [-0.15, -0.1) is 0 Å². The number of nitrogens with zero attached hydrogens (tertiary/aromatic N) is 1. The van der Waals surface area contributed by atoms with Gasteiger partial charge in [-0.1, -0.05) is 56.2 Å². The van der Waals surface area contributed by atoms with Gasteiger partial charge >= 0.3 is 0 Å². The Balaban J connectivity index is 1.70. The van der Waals surface area contributed by atoms with Crippen molar-refractivity contribution in [2.45, 2.75) is 38.5 Å². The topological polar surface area (TPSA) is 37.4 Å². The number of amides is 2. The molecule has 0 fully saturated rings. The second-order valence-electron chi connectivity index (χ2n) is 6.27. The Morgan fingerprint density at radius 3 is 2.08 bits per heavy atom. The number of benzene rings is 2. The van der Waals surface area contributed by atoms with Gasteiger partial charge in [0, 0.05) is 5.75 Å². The van der Waals surface area contributed by atoms with Crippen LogP contribution in [-0.4, -0.2) is 22.5 Å². The van der Waals surface area contributed by atoms with Crippen molar-refractivity contribution >= 4 is 23.6 Å². The summed E-state index contributed by atoms with van der Waals surface area (Å²) in [5.41, 5.74) is 3.29. The molecule has 2 aromatic carbocycles. The zero-order valence-corrected chi connectivity index (χ0v) is 15.3. The number of unbranched alkanes of at least 4 members (excludes halogenated alkanes) is 2. The SMILES string of the molecule is CCCCCSCc1ccccc1CN1C(=O)c2ccccc2C1=O. The normalized spacial score (nSPS) is 13.4. The lowest BCUT2D eigenvalue weighted by molar-refractivity contribution is 0.0642. The van der Waals surface area contributed by atoms with E-state index in [9.17, 15) is 9.59 Å². The molecule has 0 bridgehead atoms. The van der Waals surface area contributed by atoms with Crippen molar-refractivity contribution in [1.29, 1.82) is 0 Å². The molecule has 0 saturated carbocycles. The average Bonchev–Trinajstić information content (AvgIpc) is 2.88. The van der Waals surface area contributed by atoms with Crippen LogP contribution in [0, 0.1) is 0 Å². The summed E-state index contributed by atoms with van der Waals surface area (Å²) in [6.07, 6.45) is 3.74. The molecule has 1 aliphatic rings. The molecule has 0 unspecified atom stereocenters. The number of imide groups is 1. The molecule has 2 aromatic rings. The highest BCUT2D eigenvalue weighted by Crippen LogP contribution is 2.26. The summed E-state index contributed by atoms with van der Waals surface area (Å²) in [4.78, 5) is 26.5. The lowest BCUT2D eigenvalue weighted by Crippen LogP contribution is -2.29. The van der Waals surface area contributed by atoms with E-state index in [0.29, 0.717) is 17.7 Å². The van der Waals surface area contributed by atoms with Gasteiger partial charge in [0.05, 0.1) is 17.7 Å². The predicted molar refractivity (Wildman–Crippen MR) is 103 cm³/mol. The fraction of sp³-hybridized carbons (Fsp3) is 0.333. The fourth-order valence-electron chi connectivity index (χ4n) is 3.04. The molecule has 4 heteroatoms. The van der Waals surface area contributed by atoms with Crippen molar-refractivity contribution in [3.05, 3.63) is 70.8 Å². The number of fused-ring (bicyclic) bond motifs is 1. The third-order valence-corrected chi connectivity index (χ3v) is 5.57. The van der Waals surface area contributed by atoms with Gasteiger partial charge in [-0.3, -0.25) is 14.5 Å². The second-order valence-corrected chi connectivity index (χ2v) is 7.38. The minimum absolute atomic E-state index is 0.189. The van der Waals surface area contributed by atoms with Crippen molar-refractivity contribution in [3.8, 4) is 0 Å². The second kappa shape index (κ2) is 8.34. The lowest BCUT2D eigenvalue weighted by atomic mass is 10.1. The molecule has 0 N–H and O–H groups in total. The summed E-state index contributed by atoms with van der Waals surface area (Å²) >= 11 is 1.92. The molecule has 0 aliphatic carbocycles. The molecule has 3 rings (SSSR count). The summed E-state index contributed by atoms with van der Waals surface area (Å²) in [6, 6.07) is 15.2. The van der Waals surface area contributed by atoms with Gasteiger partial charge in [0.15, 0.2) is 0 Å². The first-order valence-corrected chi connectivity index (χ1v) is 9.97. The maximum atomic E-state index is 12.6. The van der Waals surface area contributed by atoms with Gasteiger partial charge in [-0.2, -0.15) is 11.8 Å². The number of hydrogen-bond acceptors (Lipinski definition) is 3. The van der Waals surface area contributed by atoms with Gasteiger partial charge in [0.1, 0.15) is 0 Å². The molecule has 1 aliphatic heterocycles. The Labute approximate surface area is 153 Å². The molecule has 25 heavy (non-hydrogen) atoms. The van der Waals surface area contributed by atoms with E-state index in [2.05, 4.69) is 13.0 Å². The predicted octanol–water partition coefficient (Wildman–Crippen LogP) is 4.91. The van der Waals surface area contributed by atoms with E-state index in [1.807, 2.05) is 30.0 Å². The summed E-state index contributed by atoms with van der Waals surface area (Å²) in [5, 5.41) is 0. The van der Waals surface area contributed by atoms with E-state index >= 15 is 0 Å². The number of carbonyl (C=O) groups is 2. The minimum atomic E-state index is -0.189. The Bertz CT molecular complexity index is 737. The van der Waals surface area contributed by atoms with Crippen LogP contribution in [0.2, 0.25) is 0 Å². The summed E-state index contributed by atoms with van der Waals surface area (Å²) in [6.45, 7) is 2.56. The molecule has 0 radical (unpaired) electrons. The van der Waals surface area contributed by atoms with Crippen molar-refractivity contribution in [2.75, 3.05) is 5.75 Å². The first-order chi connectivity index (χ1) is 12.2. The van der Waals surface area contributed by atoms with Crippen molar-refractivity contribution in [3.63, 3.8) is 0 Å². The van der Waals surface area contributed by atoms with Crippen LogP contribution in [0.1, 0.15) is 58.0 Å². The Morgan fingerprint density at radius 1 is 0.840 bits per heavy atom. The van der Waals surface area contributed by atoms with Crippen LogP contribution in [0.15, 0.2) is 48.5 Å². The maximum absolute atomic E-state index is 12.6. The van der Waals surface area contributed by atoms with E-state index in [4.69, 9.17) is 0 Å². The summed E-state index contributed by atoms with van der Waals surface area (Å²) in [7, 11) is 0. The number of hydrogen-bond donors (Lipinski definition) is 0. The summed E-state index contributed by atoms with van der Waals surface area (Å²) in [5.74, 6) is 1.69. The zero-order valence-electron chi connectivity index (χ0n) is 14.5. The maximum Gasteiger partial charge on any atom is 0.261 e. The van der Waals surface area contributed by atoms with Gasteiger partial charge < -0.3 is 0 Å². The van der Waals surface area contributed by atoms with Crippen LogP contribution in [0.5, 0.6) is 0 Å². The fourth-order valence-corrected chi connectivity index (χ4v) is 4.10. The molecule has 0 atom stereocenters. The van der Waals surface area contributed by atoms with Crippen LogP contribution in [0.3, 0.4) is 0 Å². The van der Waals surface area contributed by atoms with Crippen LogP contribution in [-0.2, 0) is 12.3 Å². The number of rotatable bonds is 8. The van der Waals surface area contributed by atoms with E-state index in [0.717, 1.165) is 17.1 Å². The van der Waals surface area contributed by atoms with Crippen molar-refractivity contribution < 1.29 is 9.59 Å². The molecule has 130 valence electrons. The molecule has 0 saturated heterocycles. The average molecular weight is 353 g/mol. The standard InChI is InChI=1S/C21H23NO2S/c1-2-3-8-13-25-15-17-10-5-4-9-16(17)14-22-20(23)18-11-6-7-12-19(18)21(22)24/h4-7,9-12H,2-3,8,13-15H2,1H3. The monoisotopic (exact) mass is 353 g/mol. The quantitative estimate of drug-likeness (QED) is 0.500. The van der Waals surface area contributed by atoms with Crippen LogP contribution in [0.4, 0.5) is 0 Å². The van der Waals surface area contributed by atoms with Gasteiger partial charge in [0.25, 0.3) is 11.8 Å². The van der Waals surface area contributed by atoms with Gasteiger partial charge in [-0.05, 0) is 35.4 Å². The molecule has 2 amide bonds. The van der Waals surface area contributed by atoms with Crippen LogP contribution < -0.4 is 0 Å². The third kappa shape index (κ3) is 3.96. The summed E-state index contributed by atoms with van der Waals surface area (Å²) < 4.78 is 0. The highest BCUT2D eigenvalue weighted by Gasteiger charge is 2.35. The third-order valence-electron chi connectivity index (χ3n) is 4.47. The van der Waals surface area contributed by atoms with E-state index in [-0.39, 0.29) is 11.8 Å². The molecular formula is C21H23NO2S. The van der Waals surface area contributed by atoms with Gasteiger partial charge in [-0.25, -0.2) is 0 Å². The first kappa shape index (κ1) is 17.7. The molecule has 1 heterocycles. The highest BCUT2D eigenvalue weighted by atomic mass is 32.2. The van der Waals surface area contributed by atoms with E-state index < -0.39 is 0 Å². The zero-order chi connectivity index (χ0) is 17.6. The van der Waals surface area contributed by atoms with E-state index in [1.165, 1.54) is 29.7 Å². The minimum Gasteiger partial charge on any atom is -0.270 e. The molecule has 3 nitrogen and oxygen atoms in total. The lowest BCUT2D eigenvalue weighted by Gasteiger charge is -2.16. The van der Waals surface area contributed by atoms with Crippen LogP contribution in [0.25, 0.3) is 0 Å².